The van der Waals surface area contributed by atoms with Crippen molar-refractivity contribution in [1.29, 1.82) is 0 Å². The molecule has 0 fully saturated rings. The van der Waals surface area contributed by atoms with E-state index < -0.39 is 0 Å². The molecular formula is C36H54O4. The van der Waals surface area contributed by atoms with Crippen molar-refractivity contribution in [3.8, 4) is 17.2 Å². The molecule has 0 aromatic heterocycles. The van der Waals surface area contributed by atoms with Gasteiger partial charge < -0.3 is 20.1 Å². The standard InChI is InChI=1S/C15H24O.C14H22O.C6H6O.CH2O/c1-2-3-4-5-6-7-8-9-14-10-12-15(16)13-11-14;1-13(2,3)10-14(4,5)11-6-8-12(15)9-7-11;7-6-4-2-1-3-5-6;1-2/h10-13,16H,2-9H2,1H3;6-9,15H,10H2,1-5H3;1-5,7H;1H2. The number of benzene rings is 3. The molecule has 0 unspecified atom stereocenters. The van der Waals surface area contributed by atoms with E-state index in [4.69, 9.17) is 15.0 Å². The second kappa shape index (κ2) is 20.6. The zero-order valence-electron chi connectivity index (χ0n) is 25.8. The van der Waals surface area contributed by atoms with Crippen LogP contribution in [0.1, 0.15) is 104 Å². The van der Waals surface area contributed by atoms with E-state index >= 15 is 0 Å². The Morgan fingerprint density at radius 1 is 0.575 bits per heavy atom. The van der Waals surface area contributed by atoms with Crippen molar-refractivity contribution in [3.05, 3.63) is 90.0 Å². The first-order valence-corrected chi connectivity index (χ1v) is 14.5. The molecule has 0 bridgehead atoms. The van der Waals surface area contributed by atoms with Crippen LogP contribution >= 0.6 is 0 Å². The summed E-state index contributed by atoms with van der Waals surface area (Å²) in [5.74, 6) is 1.02. The van der Waals surface area contributed by atoms with E-state index in [9.17, 15) is 5.11 Å². The first-order chi connectivity index (χ1) is 18.9. The lowest BCUT2D eigenvalue weighted by Crippen LogP contribution is -2.24. The molecule has 4 nitrogen and oxygen atoms in total. The smallest absolute Gasteiger partial charge is 0.115 e. The Hall–Kier alpha value is -3.27. The summed E-state index contributed by atoms with van der Waals surface area (Å²) in [4.78, 5) is 8.00. The van der Waals surface area contributed by atoms with Gasteiger partial charge in [-0.05, 0) is 77.6 Å². The number of phenolic OH excluding ortho intramolecular Hbond substituents is 3. The van der Waals surface area contributed by atoms with Gasteiger partial charge in [0.05, 0.1) is 0 Å². The predicted octanol–water partition coefficient (Wildman–Crippen LogP) is 10.00. The molecule has 3 rings (SSSR count). The second-order valence-corrected chi connectivity index (χ2v) is 12.0. The van der Waals surface area contributed by atoms with Gasteiger partial charge in [0.1, 0.15) is 24.0 Å². The lowest BCUT2D eigenvalue weighted by Gasteiger charge is -2.33. The first kappa shape index (κ1) is 36.7. The topological polar surface area (TPSA) is 77.8 Å². The Kier molecular flexibility index (Phi) is 18.9. The number of carbonyl (C=O) groups is 1. The highest BCUT2D eigenvalue weighted by Crippen LogP contribution is 2.36. The van der Waals surface area contributed by atoms with Crippen LogP contribution in [0.5, 0.6) is 17.2 Å². The van der Waals surface area contributed by atoms with E-state index in [1.807, 2.05) is 37.1 Å². The first-order valence-electron chi connectivity index (χ1n) is 14.5. The quantitative estimate of drug-likeness (QED) is 0.219. The van der Waals surface area contributed by atoms with Gasteiger partial charge in [0.15, 0.2) is 0 Å². The number of hydrogen-bond acceptors (Lipinski definition) is 4. The fraction of sp³-hybridized carbons (Fsp3) is 0.472. The molecule has 3 N–H and O–H groups in total. The average Bonchev–Trinajstić information content (AvgIpc) is 2.90. The number of aryl methyl sites for hydroxylation is 1. The second-order valence-electron chi connectivity index (χ2n) is 12.0. The Morgan fingerprint density at radius 3 is 1.43 bits per heavy atom. The van der Waals surface area contributed by atoms with Crippen molar-refractivity contribution < 1.29 is 20.1 Å². The maximum Gasteiger partial charge on any atom is 0.115 e. The number of aromatic hydroxyl groups is 3. The predicted molar refractivity (Wildman–Crippen MR) is 170 cm³/mol. The summed E-state index contributed by atoms with van der Waals surface area (Å²) in [5, 5.41) is 27.0. The fourth-order valence-electron chi connectivity index (χ4n) is 4.72. The van der Waals surface area contributed by atoms with Gasteiger partial charge in [0.25, 0.3) is 0 Å². The van der Waals surface area contributed by atoms with Crippen LogP contribution in [0.15, 0.2) is 78.9 Å². The van der Waals surface area contributed by atoms with Gasteiger partial charge in [0.2, 0.25) is 0 Å². The van der Waals surface area contributed by atoms with Crippen LogP contribution in [0.2, 0.25) is 0 Å². The summed E-state index contributed by atoms with van der Waals surface area (Å²) in [6.07, 6.45) is 11.8. The zero-order chi connectivity index (χ0) is 30.4. The van der Waals surface area contributed by atoms with Gasteiger partial charge >= 0.3 is 0 Å². The van der Waals surface area contributed by atoms with Crippen LogP contribution in [0.25, 0.3) is 0 Å². The molecular weight excluding hydrogens is 496 g/mol. The van der Waals surface area contributed by atoms with E-state index in [1.54, 1.807) is 48.5 Å². The maximum atomic E-state index is 9.25. The minimum Gasteiger partial charge on any atom is -0.508 e. The lowest BCUT2D eigenvalue weighted by atomic mass is 9.72. The third-order valence-corrected chi connectivity index (χ3v) is 6.38. The number of carbonyl (C=O) groups excluding carboxylic acids is 1. The van der Waals surface area contributed by atoms with E-state index in [0.717, 1.165) is 12.8 Å². The summed E-state index contributed by atoms with van der Waals surface area (Å²) >= 11 is 0. The molecule has 0 aliphatic carbocycles. The molecule has 0 spiro atoms. The van der Waals surface area contributed by atoms with Crippen molar-refractivity contribution in [2.75, 3.05) is 0 Å². The number of rotatable bonds is 10. The van der Waals surface area contributed by atoms with Crippen LogP contribution in [-0.2, 0) is 16.6 Å². The van der Waals surface area contributed by atoms with Crippen LogP contribution in [0.4, 0.5) is 0 Å². The molecule has 3 aromatic carbocycles. The van der Waals surface area contributed by atoms with Crippen LogP contribution in [0, 0.1) is 5.41 Å². The molecule has 0 aliphatic rings. The number of unbranched alkanes of at least 4 members (excludes halogenated alkanes) is 6. The van der Waals surface area contributed by atoms with E-state index in [1.165, 1.54) is 56.1 Å². The largest absolute Gasteiger partial charge is 0.508 e. The summed E-state index contributed by atoms with van der Waals surface area (Å²) < 4.78 is 0. The Bertz CT molecular complexity index is 988. The maximum absolute atomic E-state index is 9.25. The average molecular weight is 551 g/mol. The summed E-state index contributed by atoms with van der Waals surface area (Å²) in [6.45, 7) is 15.5. The van der Waals surface area contributed by atoms with Gasteiger partial charge in [-0.3, -0.25) is 0 Å². The van der Waals surface area contributed by atoms with Crippen LogP contribution in [-0.4, -0.2) is 22.1 Å². The summed E-state index contributed by atoms with van der Waals surface area (Å²) in [7, 11) is 0. The normalized spacial score (nSPS) is 10.7. The Balaban J connectivity index is 0.000000587. The van der Waals surface area contributed by atoms with Gasteiger partial charge in [-0.15, -0.1) is 0 Å². The van der Waals surface area contributed by atoms with Gasteiger partial charge in [0, 0.05) is 0 Å². The molecule has 40 heavy (non-hydrogen) atoms. The Morgan fingerprint density at radius 2 is 1.00 bits per heavy atom. The van der Waals surface area contributed by atoms with Gasteiger partial charge in [-0.1, -0.05) is 123 Å². The SMILES string of the molecule is C=O.CC(C)(C)CC(C)(C)c1ccc(O)cc1.CCCCCCCCCc1ccc(O)cc1.Oc1ccccc1. The number of phenols is 3. The van der Waals surface area contributed by atoms with Crippen molar-refractivity contribution in [2.24, 2.45) is 5.41 Å². The van der Waals surface area contributed by atoms with Gasteiger partial charge in [-0.2, -0.15) is 0 Å². The summed E-state index contributed by atoms with van der Waals surface area (Å²) in [6, 6.07) is 23.9. The van der Waals surface area contributed by atoms with Crippen molar-refractivity contribution >= 4 is 6.79 Å². The van der Waals surface area contributed by atoms with Crippen LogP contribution < -0.4 is 0 Å². The highest BCUT2D eigenvalue weighted by atomic mass is 16.3. The van der Waals surface area contributed by atoms with Crippen LogP contribution in [0.3, 0.4) is 0 Å². The number of para-hydroxylation sites is 1. The third-order valence-electron chi connectivity index (χ3n) is 6.38. The molecule has 3 aromatic rings. The molecule has 0 amide bonds. The minimum atomic E-state index is 0.159. The molecule has 0 atom stereocenters. The molecule has 4 heteroatoms. The minimum absolute atomic E-state index is 0.159. The van der Waals surface area contributed by atoms with E-state index in [0.29, 0.717) is 22.7 Å². The Labute approximate surface area is 244 Å². The van der Waals surface area contributed by atoms with Crippen molar-refractivity contribution in [2.45, 2.75) is 105 Å². The molecule has 0 radical (unpaired) electrons. The molecule has 0 saturated heterocycles. The highest BCUT2D eigenvalue weighted by Gasteiger charge is 2.26. The monoisotopic (exact) mass is 550 g/mol. The molecule has 0 aliphatic heterocycles. The van der Waals surface area contributed by atoms with Gasteiger partial charge in [-0.25, -0.2) is 0 Å². The fourth-order valence-corrected chi connectivity index (χ4v) is 4.72. The zero-order valence-corrected chi connectivity index (χ0v) is 25.8. The molecule has 0 heterocycles. The number of hydrogen-bond donors (Lipinski definition) is 3. The van der Waals surface area contributed by atoms with E-state index in [2.05, 4.69) is 41.5 Å². The van der Waals surface area contributed by atoms with Crippen molar-refractivity contribution in [3.63, 3.8) is 0 Å². The third kappa shape index (κ3) is 18.9. The summed E-state index contributed by atoms with van der Waals surface area (Å²) in [5.41, 5.74) is 3.11. The van der Waals surface area contributed by atoms with Crippen molar-refractivity contribution in [1.82, 2.24) is 0 Å². The molecule has 222 valence electrons. The highest BCUT2D eigenvalue weighted by molar-refractivity contribution is 5.31. The molecule has 0 saturated carbocycles. The lowest BCUT2D eigenvalue weighted by molar-refractivity contribution is -0.0980. The van der Waals surface area contributed by atoms with E-state index in [-0.39, 0.29) is 5.41 Å².